The van der Waals surface area contributed by atoms with Gasteiger partial charge in [-0.05, 0) is 18.3 Å². The molecule has 1 saturated heterocycles. The highest BCUT2D eigenvalue weighted by atomic mass is 127. The Morgan fingerprint density at radius 1 is 1.36 bits per heavy atom. The Kier molecular flexibility index (Phi) is 10.8. The predicted octanol–water partition coefficient (Wildman–Crippen LogP) is 2.42. The molecule has 1 unspecified atom stereocenters. The molecule has 6 heteroatoms. The summed E-state index contributed by atoms with van der Waals surface area (Å²) in [5.41, 5.74) is 0. The second kappa shape index (κ2) is 11.1. The van der Waals surface area contributed by atoms with Gasteiger partial charge < -0.3 is 15.1 Å². The van der Waals surface area contributed by atoms with Crippen LogP contribution in [0.1, 0.15) is 39.5 Å². The Hall–Kier alpha value is -0.530. The second-order valence-corrected chi connectivity index (χ2v) is 6.08. The molecule has 1 aliphatic rings. The topological polar surface area (TPSA) is 47.9 Å². The highest BCUT2D eigenvalue weighted by molar-refractivity contribution is 14.0. The first-order valence-electron chi connectivity index (χ1n) is 8.19. The van der Waals surface area contributed by atoms with E-state index >= 15 is 0 Å². The molecule has 1 atom stereocenters. The Morgan fingerprint density at radius 2 is 2.00 bits per heavy atom. The fourth-order valence-electron chi connectivity index (χ4n) is 3.16. The number of halogens is 1. The van der Waals surface area contributed by atoms with Crippen LogP contribution in [0.2, 0.25) is 0 Å². The lowest BCUT2D eigenvalue weighted by Crippen LogP contribution is -2.41. The van der Waals surface area contributed by atoms with E-state index < -0.39 is 0 Å². The van der Waals surface area contributed by atoms with Gasteiger partial charge in [0.05, 0.1) is 0 Å². The van der Waals surface area contributed by atoms with Crippen LogP contribution in [-0.4, -0.2) is 62.4 Å². The molecule has 0 bridgehead atoms. The molecule has 1 N–H and O–H groups in total. The summed E-state index contributed by atoms with van der Waals surface area (Å²) in [6.45, 7) is 7.39. The Bertz CT molecular complexity index is 356. The number of aliphatic imine (C=N–C) groups is 1. The number of carbonyl (C=O) groups excluding carboxylic acids is 1. The summed E-state index contributed by atoms with van der Waals surface area (Å²) in [5.74, 6) is 2.69. The number of hydrogen-bond donors (Lipinski definition) is 1. The van der Waals surface area contributed by atoms with Gasteiger partial charge in [-0.1, -0.05) is 26.7 Å². The maximum Gasteiger partial charge on any atom is 0.223 e. The van der Waals surface area contributed by atoms with Gasteiger partial charge in [0.2, 0.25) is 5.91 Å². The summed E-state index contributed by atoms with van der Waals surface area (Å²) in [6.07, 6.45) is 4.29. The van der Waals surface area contributed by atoms with Crippen molar-refractivity contribution in [3.8, 4) is 0 Å². The van der Waals surface area contributed by atoms with E-state index in [4.69, 9.17) is 0 Å². The van der Waals surface area contributed by atoms with Crippen LogP contribution in [0.15, 0.2) is 4.99 Å². The number of nitrogens with zero attached hydrogens (tertiary/aromatic N) is 3. The number of nitrogens with one attached hydrogen (secondary N) is 1. The molecule has 22 heavy (non-hydrogen) atoms. The van der Waals surface area contributed by atoms with E-state index in [1.165, 1.54) is 19.3 Å². The molecule has 0 aliphatic carbocycles. The van der Waals surface area contributed by atoms with Crippen LogP contribution in [0.25, 0.3) is 0 Å². The van der Waals surface area contributed by atoms with Gasteiger partial charge >= 0.3 is 0 Å². The van der Waals surface area contributed by atoms with Crippen molar-refractivity contribution in [3.63, 3.8) is 0 Å². The molecule has 0 aromatic rings. The quantitative estimate of drug-likeness (QED) is 0.405. The van der Waals surface area contributed by atoms with E-state index in [2.05, 4.69) is 29.1 Å². The van der Waals surface area contributed by atoms with Gasteiger partial charge in [-0.25, -0.2) is 0 Å². The lowest BCUT2D eigenvalue weighted by Gasteiger charge is -2.24. The Morgan fingerprint density at radius 3 is 2.50 bits per heavy atom. The summed E-state index contributed by atoms with van der Waals surface area (Å²) < 4.78 is 0. The van der Waals surface area contributed by atoms with Gasteiger partial charge in [0.1, 0.15) is 0 Å². The van der Waals surface area contributed by atoms with Gasteiger partial charge in [-0.15, -0.1) is 24.0 Å². The first-order valence-corrected chi connectivity index (χ1v) is 8.19. The van der Waals surface area contributed by atoms with Crippen molar-refractivity contribution >= 4 is 35.8 Å². The number of amides is 1. The zero-order valence-electron chi connectivity index (χ0n) is 14.8. The van der Waals surface area contributed by atoms with E-state index in [0.29, 0.717) is 13.0 Å². The SMILES string of the molecule is CCC(CC)C1CCN(C(=NC)NCCC(=O)N(C)C)C1.I. The minimum Gasteiger partial charge on any atom is -0.356 e. The first-order chi connectivity index (χ1) is 10.0. The van der Waals surface area contributed by atoms with Crippen molar-refractivity contribution in [2.45, 2.75) is 39.5 Å². The van der Waals surface area contributed by atoms with E-state index in [1.807, 2.05) is 7.05 Å². The van der Waals surface area contributed by atoms with Crippen molar-refractivity contribution in [1.82, 2.24) is 15.1 Å². The highest BCUT2D eigenvalue weighted by Gasteiger charge is 2.29. The van der Waals surface area contributed by atoms with E-state index in [9.17, 15) is 4.79 Å². The van der Waals surface area contributed by atoms with Crippen LogP contribution in [0.3, 0.4) is 0 Å². The van der Waals surface area contributed by atoms with Crippen LogP contribution >= 0.6 is 24.0 Å². The standard InChI is InChI=1S/C16H32N4O.HI/c1-6-13(7-2)14-9-11-20(12-14)16(17-3)18-10-8-15(21)19(4)5;/h13-14H,6-12H2,1-5H3,(H,17,18);1H. The zero-order chi connectivity index (χ0) is 15.8. The smallest absolute Gasteiger partial charge is 0.223 e. The number of guanidine groups is 1. The molecule has 1 fully saturated rings. The van der Waals surface area contributed by atoms with Crippen molar-refractivity contribution in [3.05, 3.63) is 0 Å². The van der Waals surface area contributed by atoms with Crippen LogP contribution in [0.5, 0.6) is 0 Å². The van der Waals surface area contributed by atoms with E-state index in [0.717, 1.165) is 30.9 Å². The molecule has 130 valence electrons. The number of rotatable bonds is 6. The zero-order valence-corrected chi connectivity index (χ0v) is 17.1. The maximum absolute atomic E-state index is 11.6. The normalized spacial score (nSPS) is 18.4. The van der Waals surface area contributed by atoms with Gasteiger partial charge in [-0.2, -0.15) is 0 Å². The van der Waals surface area contributed by atoms with Gasteiger partial charge in [0, 0.05) is 47.2 Å². The third kappa shape index (κ3) is 6.30. The third-order valence-corrected chi connectivity index (χ3v) is 4.57. The van der Waals surface area contributed by atoms with Gasteiger partial charge in [0.25, 0.3) is 0 Å². The highest BCUT2D eigenvalue weighted by Crippen LogP contribution is 2.28. The first kappa shape index (κ1) is 21.5. The molecule has 1 amide bonds. The molecule has 0 saturated carbocycles. The fraction of sp³-hybridized carbons (Fsp3) is 0.875. The molecule has 0 radical (unpaired) electrons. The Balaban J connectivity index is 0.00000441. The van der Waals surface area contributed by atoms with E-state index in [1.54, 1.807) is 19.0 Å². The minimum atomic E-state index is 0. The van der Waals surface area contributed by atoms with Crippen molar-refractivity contribution in [2.24, 2.45) is 16.8 Å². The molecule has 0 spiro atoms. The number of carbonyl (C=O) groups is 1. The van der Waals surface area contributed by atoms with Crippen molar-refractivity contribution in [1.29, 1.82) is 0 Å². The summed E-state index contributed by atoms with van der Waals surface area (Å²) in [7, 11) is 5.40. The largest absolute Gasteiger partial charge is 0.356 e. The van der Waals surface area contributed by atoms with Crippen molar-refractivity contribution in [2.75, 3.05) is 40.8 Å². The predicted molar refractivity (Wildman–Crippen MR) is 104 cm³/mol. The molecular weight excluding hydrogens is 391 g/mol. The van der Waals surface area contributed by atoms with Crippen LogP contribution in [0.4, 0.5) is 0 Å². The van der Waals surface area contributed by atoms with Crippen LogP contribution in [-0.2, 0) is 4.79 Å². The minimum absolute atomic E-state index is 0. The summed E-state index contributed by atoms with van der Waals surface area (Å²) >= 11 is 0. The third-order valence-electron chi connectivity index (χ3n) is 4.57. The van der Waals surface area contributed by atoms with Crippen molar-refractivity contribution < 1.29 is 4.79 Å². The van der Waals surface area contributed by atoms with Crippen LogP contribution in [0, 0.1) is 11.8 Å². The number of hydrogen-bond acceptors (Lipinski definition) is 2. The monoisotopic (exact) mass is 424 g/mol. The molecule has 1 aliphatic heterocycles. The van der Waals surface area contributed by atoms with Crippen LogP contribution < -0.4 is 5.32 Å². The summed E-state index contributed by atoms with van der Waals surface area (Å²) in [5, 5.41) is 3.32. The average molecular weight is 424 g/mol. The summed E-state index contributed by atoms with van der Waals surface area (Å²) in [4.78, 5) is 19.9. The van der Waals surface area contributed by atoms with E-state index in [-0.39, 0.29) is 29.9 Å². The molecule has 1 heterocycles. The number of likely N-dealkylation sites (tertiary alicyclic amines) is 1. The maximum atomic E-state index is 11.6. The molecule has 0 aromatic carbocycles. The van der Waals surface area contributed by atoms with Gasteiger partial charge in [0.15, 0.2) is 5.96 Å². The molecule has 5 nitrogen and oxygen atoms in total. The lowest BCUT2D eigenvalue weighted by atomic mass is 9.87. The molecular formula is C16H33IN4O. The Labute approximate surface area is 152 Å². The molecule has 0 aromatic heterocycles. The average Bonchev–Trinajstić information content (AvgIpc) is 2.94. The van der Waals surface area contributed by atoms with Gasteiger partial charge in [-0.3, -0.25) is 9.79 Å². The lowest BCUT2D eigenvalue weighted by molar-refractivity contribution is -0.128. The molecule has 1 rings (SSSR count). The fourth-order valence-corrected chi connectivity index (χ4v) is 3.16. The second-order valence-electron chi connectivity index (χ2n) is 6.08. The summed E-state index contributed by atoms with van der Waals surface area (Å²) in [6, 6.07) is 0.